The molecule has 2 aromatic heterocycles. The Labute approximate surface area is 137 Å². The van der Waals surface area contributed by atoms with Gasteiger partial charge in [-0.05, 0) is 18.4 Å². The molecule has 3 rings (SSSR count). The summed E-state index contributed by atoms with van der Waals surface area (Å²) >= 11 is 0. The summed E-state index contributed by atoms with van der Waals surface area (Å²) in [5.74, 6) is 1.76. The van der Waals surface area contributed by atoms with Crippen LogP contribution in [0.3, 0.4) is 0 Å². The van der Waals surface area contributed by atoms with Crippen LogP contribution in [0.4, 0.5) is 0 Å². The average Bonchev–Trinajstić information content (AvgIpc) is 3.26. The third-order valence-corrected chi connectivity index (χ3v) is 4.68. The molecule has 2 heterocycles. The largest absolute Gasteiger partial charge is 0.352 e. The second-order valence-corrected chi connectivity index (χ2v) is 6.46. The highest BCUT2D eigenvalue weighted by Gasteiger charge is 2.21. The molecule has 0 aliphatic heterocycles. The molecule has 0 aromatic carbocycles. The van der Waals surface area contributed by atoms with Crippen molar-refractivity contribution in [1.29, 1.82) is 0 Å². The minimum absolute atomic E-state index is 0.0754. The van der Waals surface area contributed by atoms with E-state index in [-0.39, 0.29) is 11.8 Å². The number of imidazole rings is 1. The van der Waals surface area contributed by atoms with Crippen molar-refractivity contribution in [1.82, 2.24) is 19.9 Å². The molecule has 1 saturated carbocycles. The van der Waals surface area contributed by atoms with Crippen LogP contribution in [0.5, 0.6) is 0 Å². The van der Waals surface area contributed by atoms with E-state index in [1.165, 1.54) is 25.7 Å². The molecule has 0 bridgehead atoms. The van der Waals surface area contributed by atoms with E-state index in [0.29, 0.717) is 6.54 Å². The summed E-state index contributed by atoms with van der Waals surface area (Å²) in [5.41, 5.74) is 0.993. The number of pyridine rings is 1. The Bertz CT molecular complexity index is 632. The number of carbonyl (C=O) groups excluding carboxylic acids is 1. The van der Waals surface area contributed by atoms with Gasteiger partial charge in [0, 0.05) is 36.6 Å². The average molecular weight is 312 g/mol. The van der Waals surface area contributed by atoms with Crippen LogP contribution >= 0.6 is 0 Å². The van der Waals surface area contributed by atoms with E-state index in [4.69, 9.17) is 0 Å². The van der Waals surface area contributed by atoms with Gasteiger partial charge in [0.05, 0.1) is 0 Å². The monoisotopic (exact) mass is 312 g/mol. The molecule has 1 fully saturated rings. The lowest BCUT2D eigenvalue weighted by Crippen LogP contribution is -2.30. The number of rotatable bonds is 6. The highest BCUT2D eigenvalue weighted by Crippen LogP contribution is 2.30. The fourth-order valence-corrected chi connectivity index (χ4v) is 3.39. The number of nitrogens with zero attached hydrogens (tertiary/aromatic N) is 3. The lowest BCUT2D eigenvalue weighted by atomic mass is 9.94. The highest BCUT2D eigenvalue weighted by atomic mass is 16.1. The van der Waals surface area contributed by atoms with Crippen LogP contribution in [0.25, 0.3) is 5.82 Å². The van der Waals surface area contributed by atoms with E-state index in [1.54, 1.807) is 18.7 Å². The van der Waals surface area contributed by atoms with Gasteiger partial charge in [0.25, 0.3) is 0 Å². The fourth-order valence-electron chi connectivity index (χ4n) is 3.39. The first-order valence-electron chi connectivity index (χ1n) is 8.44. The molecule has 1 N–H and O–H groups in total. The molecule has 1 unspecified atom stereocenters. The molecule has 23 heavy (non-hydrogen) atoms. The Hall–Kier alpha value is -2.17. The van der Waals surface area contributed by atoms with Crippen LogP contribution in [0.2, 0.25) is 0 Å². The Balaban J connectivity index is 1.58. The number of nitrogens with one attached hydrogen (secondary N) is 1. The van der Waals surface area contributed by atoms with Gasteiger partial charge in [0.1, 0.15) is 12.1 Å². The summed E-state index contributed by atoms with van der Waals surface area (Å²) in [6.45, 7) is 2.53. The maximum Gasteiger partial charge on any atom is 0.223 e. The summed E-state index contributed by atoms with van der Waals surface area (Å²) in [6, 6.07) is 3.88. The summed E-state index contributed by atoms with van der Waals surface area (Å²) in [6.07, 6.45) is 13.3. The van der Waals surface area contributed by atoms with E-state index in [0.717, 1.165) is 23.7 Å². The normalized spacial score (nSPS) is 16.4. The summed E-state index contributed by atoms with van der Waals surface area (Å²) in [4.78, 5) is 20.8. The van der Waals surface area contributed by atoms with Crippen LogP contribution in [0.1, 0.15) is 44.6 Å². The molecule has 5 nitrogen and oxygen atoms in total. The molecular formula is C18H24N4O. The van der Waals surface area contributed by atoms with E-state index in [9.17, 15) is 4.79 Å². The predicted octanol–water partition coefficient (Wildman–Crippen LogP) is 3.10. The van der Waals surface area contributed by atoms with Crippen molar-refractivity contribution in [2.75, 3.05) is 0 Å². The van der Waals surface area contributed by atoms with Gasteiger partial charge in [0.15, 0.2) is 0 Å². The molecule has 5 heteroatoms. The molecule has 0 radical (unpaired) electrons. The van der Waals surface area contributed by atoms with Crippen LogP contribution in [0.15, 0.2) is 37.1 Å². The summed E-state index contributed by atoms with van der Waals surface area (Å²) in [7, 11) is 0. The first-order valence-corrected chi connectivity index (χ1v) is 8.44. The van der Waals surface area contributed by atoms with Crippen LogP contribution in [-0.2, 0) is 11.3 Å². The summed E-state index contributed by atoms with van der Waals surface area (Å²) < 4.78 is 1.86. The van der Waals surface area contributed by atoms with Crippen molar-refractivity contribution in [3.05, 3.63) is 42.6 Å². The number of hydrogen-bond acceptors (Lipinski definition) is 3. The molecular weight excluding hydrogens is 288 g/mol. The predicted molar refractivity (Wildman–Crippen MR) is 88.9 cm³/mol. The second kappa shape index (κ2) is 7.40. The number of hydrogen-bond donors (Lipinski definition) is 1. The molecule has 0 spiro atoms. The molecule has 122 valence electrons. The van der Waals surface area contributed by atoms with Crippen LogP contribution < -0.4 is 5.32 Å². The van der Waals surface area contributed by atoms with Gasteiger partial charge < -0.3 is 5.32 Å². The minimum atomic E-state index is 0.0754. The Morgan fingerprint density at radius 3 is 2.96 bits per heavy atom. The van der Waals surface area contributed by atoms with Crippen molar-refractivity contribution in [2.24, 2.45) is 11.8 Å². The van der Waals surface area contributed by atoms with Crippen LogP contribution in [0, 0.1) is 11.8 Å². The molecule has 1 aliphatic rings. The van der Waals surface area contributed by atoms with Crippen molar-refractivity contribution >= 4 is 5.91 Å². The van der Waals surface area contributed by atoms with Gasteiger partial charge in [-0.25, -0.2) is 9.97 Å². The Kier molecular flexibility index (Phi) is 5.05. The van der Waals surface area contributed by atoms with Gasteiger partial charge in [-0.1, -0.05) is 38.7 Å². The molecule has 1 amide bonds. The van der Waals surface area contributed by atoms with Crippen molar-refractivity contribution in [3.63, 3.8) is 0 Å². The standard InChI is InChI=1S/C18H24N4O/c1-14(11-15-5-2-3-6-15)18(23)21-12-16-7-4-8-20-17(16)22-10-9-19-13-22/h4,7-10,13-15H,2-3,5-6,11-12H2,1H3,(H,21,23). The SMILES string of the molecule is CC(CC1CCCC1)C(=O)NCc1cccnc1-n1ccnc1. The third-order valence-electron chi connectivity index (χ3n) is 4.68. The van der Waals surface area contributed by atoms with Gasteiger partial charge in [-0.3, -0.25) is 9.36 Å². The van der Waals surface area contributed by atoms with Crippen molar-refractivity contribution in [3.8, 4) is 5.82 Å². The fraction of sp³-hybridized carbons (Fsp3) is 0.500. The summed E-state index contributed by atoms with van der Waals surface area (Å²) in [5, 5.41) is 3.06. The van der Waals surface area contributed by atoms with Gasteiger partial charge >= 0.3 is 0 Å². The molecule has 1 atom stereocenters. The van der Waals surface area contributed by atoms with Gasteiger partial charge in [-0.2, -0.15) is 0 Å². The first kappa shape index (κ1) is 15.7. The lowest BCUT2D eigenvalue weighted by Gasteiger charge is -2.17. The van der Waals surface area contributed by atoms with E-state index >= 15 is 0 Å². The Morgan fingerprint density at radius 2 is 2.22 bits per heavy atom. The van der Waals surface area contributed by atoms with Gasteiger partial charge in [0.2, 0.25) is 5.91 Å². The smallest absolute Gasteiger partial charge is 0.223 e. The zero-order chi connectivity index (χ0) is 16.1. The lowest BCUT2D eigenvalue weighted by molar-refractivity contribution is -0.125. The quantitative estimate of drug-likeness (QED) is 0.891. The molecule has 2 aromatic rings. The van der Waals surface area contributed by atoms with E-state index in [1.807, 2.05) is 29.8 Å². The minimum Gasteiger partial charge on any atom is -0.352 e. The second-order valence-electron chi connectivity index (χ2n) is 6.46. The highest BCUT2D eigenvalue weighted by molar-refractivity contribution is 5.78. The maximum absolute atomic E-state index is 12.4. The zero-order valence-electron chi connectivity index (χ0n) is 13.6. The number of carbonyl (C=O) groups is 1. The van der Waals surface area contributed by atoms with Crippen molar-refractivity contribution in [2.45, 2.75) is 45.6 Å². The van der Waals surface area contributed by atoms with Crippen LogP contribution in [-0.4, -0.2) is 20.4 Å². The first-order chi connectivity index (χ1) is 11.2. The maximum atomic E-state index is 12.4. The number of amides is 1. The van der Waals surface area contributed by atoms with Crippen molar-refractivity contribution < 1.29 is 4.79 Å². The van der Waals surface area contributed by atoms with Gasteiger partial charge in [-0.15, -0.1) is 0 Å². The molecule has 0 saturated heterocycles. The number of aromatic nitrogens is 3. The Morgan fingerprint density at radius 1 is 1.39 bits per heavy atom. The van der Waals surface area contributed by atoms with E-state index in [2.05, 4.69) is 15.3 Å². The third kappa shape index (κ3) is 3.97. The molecule has 1 aliphatic carbocycles. The zero-order valence-corrected chi connectivity index (χ0v) is 13.6. The topological polar surface area (TPSA) is 59.8 Å². The van der Waals surface area contributed by atoms with E-state index < -0.39 is 0 Å².